The lowest BCUT2D eigenvalue weighted by Crippen LogP contribution is -2.23. The molecule has 106 valence electrons. The molecule has 0 heterocycles. The zero-order valence-corrected chi connectivity index (χ0v) is 11.9. The Morgan fingerprint density at radius 2 is 1.90 bits per heavy atom. The van der Waals surface area contributed by atoms with Gasteiger partial charge in [0.05, 0.1) is 15.6 Å². The van der Waals surface area contributed by atoms with E-state index in [0.717, 1.165) is 0 Å². The fraction of sp³-hybridized carbons (Fsp3) is 0.0769. The van der Waals surface area contributed by atoms with Gasteiger partial charge in [-0.15, -0.1) is 0 Å². The Kier molecular flexibility index (Phi) is 4.27. The molecule has 2 aromatic carbocycles. The molecule has 20 heavy (non-hydrogen) atoms. The maximum absolute atomic E-state index is 13.4. The van der Waals surface area contributed by atoms with Crippen molar-refractivity contribution in [3.63, 3.8) is 0 Å². The Balaban J connectivity index is 2.19. The molecule has 2 rings (SSSR count). The molecule has 0 saturated heterocycles. The van der Waals surface area contributed by atoms with Crippen molar-refractivity contribution in [3.8, 4) is 0 Å². The molecule has 3 N–H and O–H groups in total. The van der Waals surface area contributed by atoms with Crippen molar-refractivity contribution in [3.05, 3.63) is 58.9 Å². The third-order valence-corrected chi connectivity index (χ3v) is 4.43. The van der Waals surface area contributed by atoms with Gasteiger partial charge in [-0.05, 0) is 24.3 Å². The summed E-state index contributed by atoms with van der Waals surface area (Å²) in [5.41, 5.74) is 5.99. The van der Waals surface area contributed by atoms with Gasteiger partial charge in [-0.25, -0.2) is 17.5 Å². The van der Waals surface area contributed by atoms with E-state index in [1.807, 2.05) is 0 Å². The first-order chi connectivity index (χ1) is 9.40. The zero-order valence-electron chi connectivity index (χ0n) is 10.3. The lowest BCUT2D eigenvalue weighted by Gasteiger charge is -2.08. The van der Waals surface area contributed by atoms with E-state index in [1.165, 1.54) is 36.4 Å². The van der Waals surface area contributed by atoms with Gasteiger partial charge in [-0.1, -0.05) is 29.8 Å². The van der Waals surface area contributed by atoms with Gasteiger partial charge in [-0.2, -0.15) is 0 Å². The zero-order chi connectivity index (χ0) is 14.8. The summed E-state index contributed by atoms with van der Waals surface area (Å²) in [4.78, 5) is -0.0178. The Labute approximate surface area is 121 Å². The highest BCUT2D eigenvalue weighted by molar-refractivity contribution is 7.89. The summed E-state index contributed by atoms with van der Waals surface area (Å²) in [5, 5.41) is 0.276. The Morgan fingerprint density at radius 1 is 1.20 bits per heavy atom. The minimum absolute atomic E-state index is 0.0178. The maximum atomic E-state index is 13.4. The van der Waals surface area contributed by atoms with Gasteiger partial charge in [0.1, 0.15) is 5.82 Å². The van der Waals surface area contributed by atoms with Crippen LogP contribution in [0.15, 0.2) is 47.4 Å². The molecule has 4 nitrogen and oxygen atoms in total. The van der Waals surface area contributed by atoms with Crippen LogP contribution in [0.4, 0.5) is 10.1 Å². The summed E-state index contributed by atoms with van der Waals surface area (Å²) in [6.45, 7) is -0.141. The summed E-state index contributed by atoms with van der Waals surface area (Å²) in [6, 6.07) is 9.93. The van der Waals surface area contributed by atoms with Gasteiger partial charge in [0.15, 0.2) is 0 Å². The molecule has 0 spiro atoms. The van der Waals surface area contributed by atoms with Crippen LogP contribution in [0.3, 0.4) is 0 Å². The van der Waals surface area contributed by atoms with E-state index in [1.54, 1.807) is 6.07 Å². The van der Waals surface area contributed by atoms with Gasteiger partial charge >= 0.3 is 0 Å². The molecule has 7 heteroatoms. The molecule has 0 aliphatic rings. The second-order valence-electron chi connectivity index (χ2n) is 4.10. The fourth-order valence-electron chi connectivity index (χ4n) is 1.59. The van der Waals surface area contributed by atoms with Gasteiger partial charge < -0.3 is 5.73 Å². The van der Waals surface area contributed by atoms with Crippen molar-refractivity contribution in [2.75, 3.05) is 5.73 Å². The van der Waals surface area contributed by atoms with Gasteiger partial charge in [0, 0.05) is 12.1 Å². The Morgan fingerprint density at radius 3 is 2.55 bits per heavy atom. The number of sulfonamides is 1. The fourth-order valence-corrected chi connectivity index (χ4v) is 2.75. The van der Waals surface area contributed by atoms with Gasteiger partial charge in [-0.3, -0.25) is 0 Å². The van der Waals surface area contributed by atoms with E-state index >= 15 is 0 Å². The first-order valence-corrected chi connectivity index (χ1v) is 7.54. The van der Waals surface area contributed by atoms with Crippen molar-refractivity contribution >= 4 is 27.3 Å². The molecule has 0 saturated carbocycles. The lowest BCUT2D eigenvalue weighted by molar-refractivity contribution is 0.574. The molecule has 0 bridgehead atoms. The average Bonchev–Trinajstić information content (AvgIpc) is 2.41. The maximum Gasteiger partial charge on any atom is 0.240 e. The van der Waals surface area contributed by atoms with Crippen LogP contribution < -0.4 is 10.5 Å². The summed E-state index contributed by atoms with van der Waals surface area (Å²) in [7, 11) is -3.77. The average molecular weight is 315 g/mol. The van der Waals surface area contributed by atoms with E-state index in [2.05, 4.69) is 4.72 Å². The standard InChI is InChI=1S/C13H12ClFN2O2S/c14-11-6-5-10(7-13(11)16)20(18,19)17-8-9-3-1-2-4-12(9)15/h1-7,17H,8,16H2. The Hall–Kier alpha value is -1.63. The number of rotatable bonds is 4. The van der Waals surface area contributed by atoms with Gasteiger partial charge in [0.25, 0.3) is 0 Å². The largest absolute Gasteiger partial charge is 0.397 e. The predicted octanol–water partition coefficient (Wildman–Crippen LogP) is 2.54. The van der Waals surface area contributed by atoms with E-state index < -0.39 is 15.8 Å². The van der Waals surface area contributed by atoms with E-state index in [0.29, 0.717) is 0 Å². The highest BCUT2D eigenvalue weighted by atomic mass is 35.5. The predicted molar refractivity (Wildman–Crippen MR) is 76.3 cm³/mol. The topological polar surface area (TPSA) is 72.2 Å². The number of anilines is 1. The molecular formula is C13H12ClFN2O2S. The third-order valence-electron chi connectivity index (χ3n) is 2.69. The summed E-state index contributed by atoms with van der Waals surface area (Å²) in [6.07, 6.45) is 0. The SMILES string of the molecule is Nc1cc(S(=O)(=O)NCc2ccccc2F)ccc1Cl. The smallest absolute Gasteiger partial charge is 0.240 e. The number of halogens is 2. The number of benzene rings is 2. The normalized spacial score (nSPS) is 11.5. The van der Waals surface area contributed by atoms with Gasteiger partial charge in [0.2, 0.25) is 10.0 Å². The van der Waals surface area contributed by atoms with E-state index in [4.69, 9.17) is 17.3 Å². The monoisotopic (exact) mass is 314 g/mol. The molecule has 0 aromatic heterocycles. The van der Waals surface area contributed by atoms with Crippen LogP contribution in [0.25, 0.3) is 0 Å². The molecule has 0 radical (unpaired) electrons. The minimum Gasteiger partial charge on any atom is -0.397 e. The molecular weight excluding hydrogens is 303 g/mol. The first kappa shape index (κ1) is 14.8. The van der Waals surface area contributed by atoms with Crippen LogP contribution in [0, 0.1) is 5.82 Å². The molecule has 0 fully saturated rings. The van der Waals surface area contributed by atoms with Crippen LogP contribution in [0.2, 0.25) is 5.02 Å². The van der Waals surface area contributed by atoms with Crippen molar-refractivity contribution in [2.45, 2.75) is 11.4 Å². The summed E-state index contributed by atoms with van der Waals surface area (Å²) in [5.74, 6) is -0.467. The molecule has 0 amide bonds. The molecule has 0 unspecified atom stereocenters. The second kappa shape index (κ2) is 5.78. The van der Waals surface area contributed by atoms with Crippen LogP contribution in [0.5, 0.6) is 0 Å². The van der Waals surface area contributed by atoms with E-state index in [9.17, 15) is 12.8 Å². The van der Waals surface area contributed by atoms with Crippen LogP contribution >= 0.6 is 11.6 Å². The number of nitrogen functional groups attached to an aromatic ring is 1. The summed E-state index contributed by atoms with van der Waals surface area (Å²) < 4.78 is 39.8. The minimum atomic E-state index is -3.77. The first-order valence-electron chi connectivity index (χ1n) is 5.68. The number of hydrogen-bond donors (Lipinski definition) is 2. The Bertz CT molecular complexity index is 735. The highest BCUT2D eigenvalue weighted by Crippen LogP contribution is 2.22. The van der Waals surface area contributed by atoms with Crippen LogP contribution in [-0.4, -0.2) is 8.42 Å². The van der Waals surface area contributed by atoms with Crippen molar-refractivity contribution in [1.29, 1.82) is 0 Å². The number of nitrogens with one attached hydrogen (secondary N) is 1. The lowest BCUT2D eigenvalue weighted by atomic mass is 10.2. The van der Waals surface area contributed by atoms with E-state index in [-0.39, 0.29) is 27.7 Å². The quantitative estimate of drug-likeness (QED) is 0.852. The second-order valence-corrected chi connectivity index (χ2v) is 6.27. The van der Waals surface area contributed by atoms with Crippen molar-refractivity contribution < 1.29 is 12.8 Å². The van der Waals surface area contributed by atoms with Crippen molar-refractivity contribution in [1.82, 2.24) is 4.72 Å². The van der Waals surface area contributed by atoms with Crippen molar-refractivity contribution in [2.24, 2.45) is 0 Å². The van der Waals surface area contributed by atoms with Crippen LogP contribution in [0.1, 0.15) is 5.56 Å². The highest BCUT2D eigenvalue weighted by Gasteiger charge is 2.15. The third kappa shape index (κ3) is 3.27. The number of nitrogens with two attached hydrogens (primary N) is 1. The number of hydrogen-bond acceptors (Lipinski definition) is 3. The summed E-state index contributed by atoms with van der Waals surface area (Å²) >= 11 is 5.73. The molecule has 0 aliphatic carbocycles. The molecule has 2 aromatic rings. The molecule has 0 atom stereocenters. The molecule has 0 aliphatic heterocycles. The van der Waals surface area contributed by atoms with Crippen LogP contribution in [-0.2, 0) is 16.6 Å².